The molecule has 4 aromatic rings. The Hall–Kier alpha value is -3.68. The second-order valence-electron chi connectivity index (χ2n) is 6.60. The Balaban J connectivity index is 1.56. The average Bonchev–Trinajstić information content (AvgIpc) is 3.26. The number of carbonyl (C=O) groups excluding carboxylic acids is 1. The number of rotatable bonds is 5. The van der Waals surface area contributed by atoms with Crippen LogP contribution in [0.5, 0.6) is 5.95 Å². The van der Waals surface area contributed by atoms with E-state index < -0.39 is 5.95 Å². The molecule has 1 N–H and O–H groups in total. The summed E-state index contributed by atoms with van der Waals surface area (Å²) >= 11 is 0. The third-order valence-corrected chi connectivity index (χ3v) is 4.68. The molecule has 142 valence electrons. The molecule has 0 fully saturated rings. The van der Waals surface area contributed by atoms with Gasteiger partial charge in [-0.3, -0.25) is 4.79 Å². The smallest absolute Gasteiger partial charge is 0.289 e. The third-order valence-electron chi connectivity index (χ3n) is 4.68. The van der Waals surface area contributed by atoms with Crippen molar-refractivity contribution in [2.24, 2.45) is 0 Å². The molecule has 1 unspecified atom stereocenters. The minimum Gasteiger partial charge on any atom is -0.539 e. The number of hydrogen-bond donors (Lipinski definition) is 1. The van der Waals surface area contributed by atoms with Crippen LogP contribution in [0.25, 0.3) is 16.5 Å². The highest BCUT2D eigenvalue weighted by Gasteiger charge is 2.19. The highest BCUT2D eigenvalue weighted by Crippen LogP contribution is 2.25. The van der Waals surface area contributed by atoms with E-state index in [1.807, 2.05) is 42.8 Å². The lowest BCUT2D eigenvalue weighted by molar-refractivity contribution is -0.751. The highest BCUT2D eigenvalue weighted by molar-refractivity contribution is 5.90. The van der Waals surface area contributed by atoms with Gasteiger partial charge in [-0.15, -0.1) is 0 Å². The lowest BCUT2D eigenvalue weighted by Crippen LogP contribution is -2.44. The van der Waals surface area contributed by atoms with E-state index in [2.05, 4.69) is 38.4 Å². The SMILES string of the molecule is Cc1c(C(C)NC(=O)C[n+]2cc([O-])on2)cnn1-c1cccc2ccccc12. The van der Waals surface area contributed by atoms with Crippen molar-refractivity contribution in [3.63, 3.8) is 0 Å². The van der Waals surface area contributed by atoms with Gasteiger partial charge in [0, 0.05) is 16.6 Å². The molecule has 28 heavy (non-hydrogen) atoms. The van der Waals surface area contributed by atoms with E-state index in [4.69, 9.17) is 0 Å². The molecule has 1 amide bonds. The Labute approximate surface area is 161 Å². The Morgan fingerprint density at radius 2 is 2.07 bits per heavy atom. The maximum absolute atomic E-state index is 12.2. The number of nitrogens with one attached hydrogen (secondary N) is 1. The lowest BCUT2D eigenvalue weighted by atomic mass is 10.1. The molecule has 2 heterocycles. The Bertz CT molecular complexity index is 1140. The van der Waals surface area contributed by atoms with Gasteiger partial charge in [-0.1, -0.05) is 41.1 Å². The van der Waals surface area contributed by atoms with Crippen LogP contribution in [-0.4, -0.2) is 21.0 Å². The van der Waals surface area contributed by atoms with Crippen LogP contribution in [0.4, 0.5) is 0 Å². The number of fused-ring (bicyclic) bond motifs is 1. The van der Waals surface area contributed by atoms with Gasteiger partial charge in [0.05, 0.1) is 23.2 Å². The molecule has 0 bridgehead atoms. The van der Waals surface area contributed by atoms with Crippen molar-refractivity contribution in [2.75, 3.05) is 0 Å². The van der Waals surface area contributed by atoms with Gasteiger partial charge in [-0.25, -0.2) is 4.68 Å². The summed E-state index contributed by atoms with van der Waals surface area (Å²) in [5, 5.41) is 24.2. The maximum atomic E-state index is 12.2. The topological polar surface area (TPSA) is 99.9 Å². The van der Waals surface area contributed by atoms with E-state index >= 15 is 0 Å². The Morgan fingerprint density at radius 3 is 2.86 bits per heavy atom. The second-order valence-corrected chi connectivity index (χ2v) is 6.60. The first-order chi connectivity index (χ1) is 13.5. The van der Waals surface area contributed by atoms with Gasteiger partial charge >= 0.3 is 0 Å². The van der Waals surface area contributed by atoms with E-state index in [1.54, 1.807) is 6.20 Å². The molecular weight excluding hydrogens is 358 g/mol. The first kappa shape index (κ1) is 17.7. The third kappa shape index (κ3) is 3.32. The normalized spacial score (nSPS) is 12.2. The first-order valence-electron chi connectivity index (χ1n) is 8.88. The van der Waals surface area contributed by atoms with Crippen LogP contribution in [0.3, 0.4) is 0 Å². The van der Waals surface area contributed by atoms with Crippen molar-refractivity contribution in [1.82, 2.24) is 20.4 Å². The largest absolute Gasteiger partial charge is 0.539 e. The van der Waals surface area contributed by atoms with Crippen molar-refractivity contribution in [3.05, 3.63) is 66.1 Å². The molecule has 8 heteroatoms. The maximum Gasteiger partial charge on any atom is 0.289 e. The van der Waals surface area contributed by atoms with Gasteiger partial charge in [0.2, 0.25) is 6.20 Å². The fraction of sp³-hybridized carbons (Fsp3) is 0.200. The molecule has 0 saturated heterocycles. The van der Waals surface area contributed by atoms with Crippen LogP contribution in [0.2, 0.25) is 0 Å². The summed E-state index contributed by atoms with van der Waals surface area (Å²) in [6.07, 6.45) is 2.90. The summed E-state index contributed by atoms with van der Waals surface area (Å²) in [5.74, 6) is -0.865. The number of hydrogen-bond acceptors (Lipinski definition) is 5. The van der Waals surface area contributed by atoms with Crippen LogP contribution in [0, 0.1) is 6.92 Å². The van der Waals surface area contributed by atoms with Crippen molar-refractivity contribution < 1.29 is 19.1 Å². The van der Waals surface area contributed by atoms with Crippen LogP contribution >= 0.6 is 0 Å². The van der Waals surface area contributed by atoms with Crippen LogP contribution < -0.4 is 15.1 Å². The summed E-state index contributed by atoms with van der Waals surface area (Å²) in [7, 11) is 0. The van der Waals surface area contributed by atoms with E-state index in [1.165, 1.54) is 0 Å². The fourth-order valence-corrected chi connectivity index (χ4v) is 3.33. The zero-order valence-corrected chi connectivity index (χ0v) is 15.5. The molecule has 4 rings (SSSR count). The molecular formula is C20H19N5O3. The summed E-state index contributed by atoms with van der Waals surface area (Å²) in [6, 6.07) is 14.0. The molecule has 8 nitrogen and oxygen atoms in total. The first-order valence-corrected chi connectivity index (χ1v) is 8.88. The van der Waals surface area contributed by atoms with E-state index in [9.17, 15) is 9.90 Å². The molecule has 0 aliphatic rings. The van der Waals surface area contributed by atoms with Gasteiger partial charge < -0.3 is 14.9 Å². The number of benzene rings is 2. The molecule has 0 aliphatic carbocycles. The molecule has 2 aromatic carbocycles. The number of amides is 1. The summed E-state index contributed by atoms with van der Waals surface area (Å²) in [4.78, 5) is 12.2. The molecule has 0 saturated carbocycles. The van der Waals surface area contributed by atoms with Gasteiger partial charge in [0.1, 0.15) is 5.95 Å². The van der Waals surface area contributed by atoms with Gasteiger partial charge in [0.25, 0.3) is 12.5 Å². The van der Waals surface area contributed by atoms with Crippen molar-refractivity contribution in [1.29, 1.82) is 0 Å². The predicted molar refractivity (Wildman–Crippen MR) is 98.5 cm³/mol. The van der Waals surface area contributed by atoms with Gasteiger partial charge in [0.15, 0.2) is 0 Å². The standard InChI is InChI=1S/C20H19N5O3/c1-13(22-19(26)11-24-12-20(27)28-23-24)17-10-21-25(14(17)2)18-9-5-7-15-6-3-4-8-16(15)18/h3-10,12-13H,11H2,1-2H3,(H-,22,23,26,27). The van der Waals surface area contributed by atoms with Crippen LogP contribution in [0.1, 0.15) is 24.2 Å². The highest BCUT2D eigenvalue weighted by atomic mass is 16.6. The summed E-state index contributed by atoms with van der Waals surface area (Å²) in [6.45, 7) is 3.78. The molecule has 2 aromatic heterocycles. The Kier molecular flexibility index (Phi) is 4.52. The minimum absolute atomic E-state index is 0.0907. The molecule has 0 spiro atoms. The fourth-order valence-electron chi connectivity index (χ4n) is 3.33. The minimum atomic E-state index is -0.590. The van der Waals surface area contributed by atoms with Gasteiger partial charge in [-0.05, 0) is 25.3 Å². The van der Waals surface area contributed by atoms with Gasteiger partial charge in [-0.2, -0.15) is 5.10 Å². The number of carbonyl (C=O) groups is 1. The monoisotopic (exact) mass is 377 g/mol. The number of nitrogens with zero attached hydrogens (tertiary/aromatic N) is 4. The van der Waals surface area contributed by atoms with Crippen molar-refractivity contribution in [2.45, 2.75) is 26.4 Å². The van der Waals surface area contributed by atoms with E-state index in [0.29, 0.717) is 0 Å². The van der Waals surface area contributed by atoms with Crippen molar-refractivity contribution >= 4 is 16.7 Å². The molecule has 0 aliphatic heterocycles. The zero-order valence-electron chi connectivity index (χ0n) is 15.5. The molecule has 1 atom stereocenters. The second kappa shape index (κ2) is 7.15. The van der Waals surface area contributed by atoms with Crippen molar-refractivity contribution in [3.8, 4) is 11.6 Å². The average molecular weight is 377 g/mol. The summed E-state index contributed by atoms with van der Waals surface area (Å²) < 4.78 is 7.47. The quantitative estimate of drug-likeness (QED) is 0.532. The summed E-state index contributed by atoms with van der Waals surface area (Å²) in [5.41, 5.74) is 2.84. The number of aromatic nitrogens is 4. The van der Waals surface area contributed by atoms with E-state index in [0.717, 1.165) is 38.6 Å². The molecule has 0 radical (unpaired) electrons. The van der Waals surface area contributed by atoms with E-state index in [-0.39, 0.29) is 18.5 Å². The zero-order chi connectivity index (χ0) is 19.7. The van der Waals surface area contributed by atoms with Crippen LogP contribution in [0.15, 0.2) is 59.4 Å². The lowest BCUT2D eigenvalue weighted by Gasteiger charge is -2.13. The Morgan fingerprint density at radius 1 is 1.29 bits per heavy atom. The predicted octanol–water partition coefficient (Wildman–Crippen LogP) is 1.56. The van der Waals surface area contributed by atoms with Crippen LogP contribution in [-0.2, 0) is 11.3 Å².